The van der Waals surface area contributed by atoms with E-state index in [1.807, 2.05) is 14.1 Å². The van der Waals surface area contributed by atoms with Gasteiger partial charge in [-0.15, -0.1) is 0 Å². The maximum absolute atomic E-state index is 11.9. The average molecular weight is 266 g/mol. The topological polar surface area (TPSA) is 66.5 Å². The zero-order valence-corrected chi connectivity index (χ0v) is 11.8. The second-order valence-electron chi connectivity index (χ2n) is 4.34. The van der Waals surface area contributed by atoms with Crippen LogP contribution < -0.4 is 10.6 Å². The fourth-order valence-electron chi connectivity index (χ4n) is 1.47. The number of nitrogens with one attached hydrogen (secondary N) is 2. The SMILES string of the molecule is CNc1cnccc1C(=O)NCCOCCN(C)C. The van der Waals surface area contributed by atoms with Crippen molar-refractivity contribution in [2.75, 3.05) is 52.8 Å². The summed E-state index contributed by atoms with van der Waals surface area (Å²) in [6.45, 7) is 2.55. The van der Waals surface area contributed by atoms with E-state index in [9.17, 15) is 4.79 Å². The molecule has 1 heterocycles. The molecule has 0 aliphatic rings. The number of likely N-dealkylation sites (N-methyl/N-ethyl adjacent to an activating group) is 1. The highest BCUT2D eigenvalue weighted by Gasteiger charge is 2.09. The zero-order chi connectivity index (χ0) is 14.1. The van der Waals surface area contributed by atoms with E-state index in [0.717, 1.165) is 6.54 Å². The first kappa shape index (κ1) is 15.4. The van der Waals surface area contributed by atoms with E-state index in [-0.39, 0.29) is 5.91 Å². The van der Waals surface area contributed by atoms with E-state index < -0.39 is 0 Å². The average Bonchev–Trinajstić information content (AvgIpc) is 2.42. The van der Waals surface area contributed by atoms with Gasteiger partial charge in [0.2, 0.25) is 0 Å². The van der Waals surface area contributed by atoms with Crippen LogP contribution in [0.15, 0.2) is 18.5 Å². The Labute approximate surface area is 114 Å². The van der Waals surface area contributed by atoms with Gasteiger partial charge < -0.3 is 20.3 Å². The molecule has 0 bridgehead atoms. The third-order valence-corrected chi connectivity index (χ3v) is 2.55. The van der Waals surface area contributed by atoms with Crippen molar-refractivity contribution in [1.29, 1.82) is 0 Å². The van der Waals surface area contributed by atoms with Gasteiger partial charge in [0.15, 0.2) is 0 Å². The third kappa shape index (κ3) is 5.67. The molecule has 0 saturated carbocycles. The van der Waals surface area contributed by atoms with Gasteiger partial charge in [0.1, 0.15) is 0 Å². The minimum absolute atomic E-state index is 0.122. The number of ether oxygens (including phenoxy) is 1. The highest BCUT2D eigenvalue weighted by Crippen LogP contribution is 2.11. The summed E-state index contributed by atoms with van der Waals surface area (Å²) in [5, 5.41) is 5.76. The zero-order valence-electron chi connectivity index (χ0n) is 11.8. The van der Waals surface area contributed by atoms with Crippen LogP contribution in [0.2, 0.25) is 0 Å². The number of hydrogen-bond acceptors (Lipinski definition) is 5. The quantitative estimate of drug-likeness (QED) is 0.668. The van der Waals surface area contributed by atoms with Crippen molar-refractivity contribution in [3.05, 3.63) is 24.0 Å². The maximum Gasteiger partial charge on any atom is 0.253 e. The summed E-state index contributed by atoms with van der Waals surface area (Å²) < 4.78 is 5.40. The molecule has 2 N–H and O–H groups in total. The van der Waals surface area contributed by atoms with Gasteiger partial charge in [-0.25, -0.2) is 0 Å². The third-order valence-electron chi connectivity index (χ3n) is 2.55. The first-order valence-electron chi connectivity index (χ1n) is 6.27. The fraction of sp³-hybridized carbons (Fsp3) is 0.538. The largest absolute Gasteiger partial charge is 0.386 e. The minimum atomic E-state index is -0.122. The van der Waals surface area contributed by atoms with E-state index in [0.29, 0.717) is 31.0 Å². The van der Waals surface area contributed by atoms with E-state index >= 15 is 0 Å². The van der Waals surface area contributed by atoms with Crippen molar-refractivity contribution >= 4 is 11.6 Å². The molecule has 0 aliphatic heterocycles. The normalized spacial score (nSPS) is 10.5. The second kappa shape index (κ2) is 8.44. The van der Waals surface area contributed by atoms with Crippen molar-refractivity contribution < 1.29 is 9.53 Å². The van der Waals surface area contributed by atoms with Gasteiger partial charge in [0, 0.05) is 26.3 Å². The number of amides is 1. The number of hydrogen-bond donors (Lipinski definition) is 2. The molecule has 1 rings (SSSR count). The summed E-state index contributed by atoms with van der Waals surface area (Å²) >= 11 is 0. The van der Waals surface area contributed by atoms with Gasteiger partial charge in [0.05, 0.1) is 30.7 Å². The molecule has 0 fully saturated rings. The molecule has 1 aromatic heterocycles. The van der Waals surface area contributed by atoms with Crippen LogP contribution in [-0.4, -0.2) is 63.2 Å². The van der Waals surface area contributed by atoms with Crippen LogP contribution in [0.4, 0.5) is 5.69 Å². The summed E-state index contributed by atoms with van der Waals surface area (Å²) in [6.07, 6.45) is 3.23. The summed E-state index contributed by atoms with van der Waals surface area (Å²) in [4.78, 5) is 17.9. The van der Waals surface area contributed by atoms with Gasteiger partial charge in [0.25, 0.3) is 5.91 Å². The van der Waals surface area contributed by atoms with E-state index in [1.54, 1.807) is 25.5 Å². The molecule has 19 heavy (non-hydrogen) atoms. The summed E-state index contributed by atoms with van der Waals surface area (Å²) in [6, 6.07) is 1.69. The van der Waals surface area contributed by atoms with Crippen molar-refractivity contribution in [2.45, 2.75) is 0 Å². The summed E-state index contributed by atoms with van der Waals surface area (Å²) in [5.41, 5.74) is 1.30. The Bertz CT molecular complexity index is 396. The van der Waals surface area contributed by atoms with Gasteiger partial charge >= 0.3 is 0 Å². The number of nitrogens with zero attached hydrogens (tertiary/aromatic N) is 2. The molecule has 0 atom stereocenters. The first-order chi connectivity index (χ1) is 9.15. The van der Waals surface area contributed by atoms with Gasteiger partial charge in [-0.3, -0.25) is 9.78 Å². The highest BCUT2D eigenvalue weighted by atomic mass is 16.5. The smallest absolute Gasteiger partial charge is 0.253 e. The standard InChI is InChI=1S/C13H22N4O2/c1-14-12-10-15-5-4-11(12)13(18)16-6-8-19-9-7-17(2)3/h4-5,10,14H,6-9H2,1-3H3,(H,16,18). The first-order valence-corrected chi connectivity index (χ1v) is 6.27. The number of rotatable bonds is 8. The Morgan fingerprint density at radius 2 is 2.21 bits per heavy atom. The molecule has 0 radical (unpaired) electrons. The molecule has 1 amide bonds. The van der Waals surface area contributed by atoms with Crippen molar-refractivity contribution in [2.24, 2.45) is 0 Å². The Morgan fingerprint density at radius 3 is 2.89 bits per heavy atom. The predicted molar refractivity (Wildman–Crippen MR) is 75.5 cm³/mol. The van der Waals surface area contributed by atoms with Crippen LogP contribution in [0.3, 0.4) is 0 Å². The Hall–Kier alpha value is -1.66. The Balaban J connectivity index is 2.28. The highest BCUT2D eigenvalue weighted by molar-refractivity contribution is 5.99. The molecular weight excluding hydrogens is 244 g/mol. The molecule has 0 aliphatic carbocycles. The van der Waals surface area contributed by atoms with E-state index in [1.165, 1.54) is 0 Å². The molecule has 6 heteroatoms. The van der Waals surface area contributed by atoms with Gasteiger partial charge in [-0.2, -0.15) is 0 Å². The number of carbonyl (C=O) groups excluding carboxylic acids is 1. The van der Waals surface area contributed by atoms with Crippen molar-refractivity contribution in [1.82, 2.24) is 15.2 Å². The van der Waals surface area contributed by atoms with Crippen LogP contribution in [0.1, 0.15) is 10.4 Å². The number of anilines is 1. The molecule has 0 unspecified atom stereocenters. The molecule has 1 aromatic rings. The molecule has 0 aromatic carbocycles. The number of pyridine rings is 1. The summed E-state index contributed by atoms with van der Waals surface area (Å²) in [7, 11) is 5.75. The van der Waals surface area contributed by atoms with Crippen LogP contribution >= 0.6 is 0 Å². The van der Waals surface area contributed by atoms with Crippen LogP contribution in [-0.2, 0) is 4.74 Å². The van der Waals surface area contributed by atoms with Crippen molar-refractivity contribution in [3.8, 4) is 0 Å². The van der Waals surface area contributed by atoms with E-state index in [2.05, 4.69) is 20.5 Å². The number of carbonyl (C=O) groups is 1. The maximum atomic E-state index is 11.9. The molecule has 0 spiro atoms. The Kier molecular flexibility index (Phi) is 6.84. The Morgan fingerprint density at radius 1 is 1.42 bits per heavy atom. The van der Waals surface area contributed by atoms with Crippen LogP contribution in [0.5, 0.6) is 0 Å². The summed E-state index contributed by atoms with van der Waals surface area (Å²) in [5.74, 6) is -0.122. The lowest BCUT2D eigenvalue weighted by atomic mass is 10.2. The van der Waals surface area contributed by atoms with Crippen LogP contribution in [0.25, 0.3) is 0 Å². The van der Waals surface area contributed by atoms with Gasteiger partial charge in [-0.05, 0) is 20.2 Å². The van der Waals surface area contributed by atoms with Crippen molar-refractivity contribution in [3.63, 3.8) is 0 Å². The fourth-order valence-corrected chi connectivity index (χ4v) is 1.47. The predicted octanol–water partition coefficient (Wildman–Crippen LogP) is 0.431. The lowest BCUT2D eigenvalue weighted by Crippen LogP contribution is -2.28. The molecular formula is C13H22N4O2. The number of aromatic nitrogens is 1. The lowest BCUT2D eigenvalue weighted by Gasteiger charge is -2.11. The van der Waals surface area contributed by atoms with E-state index in [4.69, 9.17) is 4.74 Å². The lowest BCUT2D eigenvalue weighted by molar-refractivity contribution is 0.0901. The second-order valence-corrected chi connectivity index (χ2v) is 4.34. The van der Waals surface area contributed by atoms with Crippen LogP contribution in [0, 0.1) is 0 Å². The van der Waals surface area contributed by atoms with Gasteiger partial charge in [-0.1, -0.05) is 0 Å². The monoisotopic (exact) mass is 266 g/mol. The molecule has 6 nitrogen and oxygen atoms in total. The minimum Gasteiger partial charge on any atom is -0.386 e. The molecule has 0 saturated heterocycles. The molecule has 106 valence electrons.